The number of rotatable bonds is 5. The summed E-state index contributed by atoms with van der Waals surface area (Å²) in [5.74, 6) is 0.143. The largest absolute Gasteiger partial charge is 0.454 e. The standard InChI is InChI=1S/C21H20N6O2/c1-12-7-9-14(10-8-12)24-21-26-17(25-20(22)27-21)11-29-19(28)18-13(2)23-16-6-4-3-5-15(16)18/h3-10,23H,11H2,1-2H3,(H3,22,24,25,26,27). The first-order chi connectivity index (χ1) is 14.0. The first-order valence-corrected chi connectivity index (χ1v) is 9.08. The Balaban J connectivity index is 1.50. The van der Waals surface area contributed by atoms with Crippen LogP contribution >= 0.6 is 0 Å². The van der Waals surface area contributed by atoms with Crippen molar-refractivity contribution in [1.82, 2.24) is 19.9 Å². The highest BCUT2D eigenvalue weighted by Gasteiger charge is 2.18. The van der Waals surface area contributed by atoms with E-state index < -0.39 is 5.97 Å². The molecule has 0 unspecified atom stereocenters. The second-order valence-corrected chi connectivity index (χ2v) is 6.67. The zero-order chi connectivity index (χ0) is 20.4. The fraction of sp³-hybridized carbons (Fsp3) is 0.143. The predicted molar refractivity (Wildman–Crippen MR) is 111 cm³/mol. The van der Waals surface area contributed by atoms with Crippen molar-refractivity contribution < 1.29 is 9.53 Å². The molecular formula is C21H20N6O2. The number of nitrogens with two attached hydrogens (primary N) is 1. The minimum Gasteiger partial charge on any atom is -0.454 e. The number of nitrogen functional groups attached to an aromatic ring is 1. The van der Waals surface area contributed by atoms with Gasteiger partial charge in [-0.15, -0.1) is 0 Å². The van der Waals surface area contributed by atoms with Gasteiger partial charge in [0.15, 0.2) is 12.4 Å². The number of aryl methyl sites for hydroxylation is 2. The van der Waals surface area contributed by atoms with Crippen LogP contribution in [0.25, 0.3) is 10.9 Å². The third-order valence-electron chi connectivity index (χ3n) is 4.44. The summed E-state index contributed by atoms with van der Waals surface area (Å²) in [4.78, 5) is 28.3. The molecule has 2 heterocycles. The summed E-state index contributed by atoms with van der Waals surface area (Å²) in [6, 6.07) is 15.3. The minimum absolute atomic E-state index is 0.0453. The van der Waals surface area contributed by atoms with Crippen LogP contribution in [0.4, 0.5) is 17.6 Å². The number of hydrogen-bond donors (Lipinski definition) is 3. The van der Waals surface area contributed by atoms with Crippen molar-refractivity contribution in [1.29, 1.82) is 0 Å². The van der Waals surface area contributed by atoms with Gasteiger partial charge in [0.1, 0.15) is 0 Å². The van der Waals surface area contributed by atoms with E-state index in [2.05, 4.69) is 25.3 Å². The molecule has 4 rings (SSSR count). The Morgan fingerprint density at radius 1 is 1.07 bits per heavy atom. The number of fused-ring (bicyclic) bond motifs is 1. The topological polar surface area (TPSA) is 119 Å². The number of H-pyrrole nitrogens is 1. The van der Waals surface area contributed by atoms with E-state index in [9.17, 15) is 4.79 Å². The quantitative estimate of drug-likeness (QED) is 0.446. The number of hydrogen-bond acceptors (Lipinski definition) is 7. The first-order valence-electron chi connectivity index (χ1n) is 9.08. The lowest BCUT2D eigenvalue weighted by atomic mass is 10.1. The Bertz CT molecular complexity index is 1180. The average Bonchev–Trinajstić information content (AvgIpc) is 3.03. The minimum atomic E-state index is -0.452. The number of nitrogens with zero attached hydrogens (tertiary/aromatic N) is 3. The Labute approximate surface area is 167 Å². The van der Waals surface area contributed by atoms with Crippen molar-refractivity contribution in [2.24, 2.45) is 0 Å². The third-order valence-corrected chi connectivity index (χ3v) is 4.44. The Hall–Kier alpha value is -3.94. The number of carbonyl (C=O) groups is 1. The monoisotopic (exact) mass is 388 g/mol. The van der Waals surface area contributed by atoms with E-state index in [4.69, 9.17) is 10.5 Å². The molecule has 146 valence electrons. The van der Waals surface area contributed by atoms with Crippen LogP contribution in [0.1, 0.15) is 27.4 Å². The zero-order valence-corrected chi connectivity index (χ0v) is 16.1. The summed E-state index contributed by atoms with van der Waals surface area (Å²) in [5, 5.41) is 3.89. The molecule has 0 aliphatic rings. The fourth-order valence-corrected chi connectivity index (χ4v) is 3.07. The highest BCUT2D eigenvalue weighted by atomic mass is 16.5. The van der Waals surface area contributed by atoms with Gasteiger partial charge >= 0.3 is 5.97 Å². The van der Waals surface area contributed by atoms with E-state index >= 15 is 0 Å². The molecule has 0 spiro atoms. The molecule has 0 saturated carbocycles. The molecule has 2 aromatic carbocycles. The van der Waals surface area contributed by atoms with Crippen LogP contribution in [-0.2, 0) is 11.3 Å². The molecule has 0 bridgehead atoms. The summed E-state index contributed by atoms with van der Waals surface area (Å²) < 4.78 is 5.44. The maximum Gasteiger partial charge on any atom is 0.341 e. The van der Waals surface area contributed by atoms with Crippen LogP contribution < -0.4 is 11.1 Å². The van der Waals surface area contributed by atoms with E-state index in [1.165, 1.54) is 0 Å². The van der Waals surface area contributed by atoms with Crippen molar-refractivity contribution in [3.05, 3.63) is 71.2 Å². The van der Waals surface area contributed by atoms with Crippen molar-refractivity contribution in [2.45, 2.75) is 20.5 Å². The summed E-state index contributed by atoms with van der Waals surface area (Å²) >= 11 is 0. The fourth-order valence-electron chi connectivity index (χ4n) is 3.07. The van der Waals surface area contributed by atoms with Gasteiger partial charge in [-0.3, -0.25) is 0 Å². The zero-order valence-electron chi connectivity index (χ0n) is 16.1. The molecule has 0 aliphatic carbocycles. The molecule has 4 N–H and O–H groups in total. The van der Waals surface area contributed by atoms with Crippen molar-refractivity contribution in [2.75, 3.05) is 11.1 Å². The van der Waals surface area contributed by atoms with Crippen molar-refractivity contribution in [3.8, 4) is 0 Å². The maximum atomic E-state index is 12.6. The van der Waals surface area contributed by atoms with Gasteiger partial charge in [0.25, 0.3) is 0 Å². The number of carbonyl (C=O) groups excluding carboxylic acids is 1. The molecule has 0 radical (unpaired) electrons. The Morgan fingerprint density at radius 3 is 2.62 bits per heavy atom. The average molecular weight is 388 g/mol. The van der Waals surface area contributed by atoms with Gasteiger partial charge in [0, 0.05) is 22.3 Å². The molecule has 0 fully saturated rings. The van der Waals surface area contributed by atoms with Crippen LogP contribution in [0.15, 0.2) is 48.5 Å². The highest BCUT2D eigenvalue weighted by Crippen LogP contribution is 2.23. The number of aromatic nitrogens is 4. The van der Waals surface area contributed by atoms with Crippen LogP contribution in [0.5, 0.6) is 0 Å². The smallest absolute Gasteiger partial charge is 0.341 e. The summed E-state index contributed by atoms with van der Waals surface area (Å²) in [5.41, 5.74) is 9.88. The molecular weight excluding hydrogens is 368 g/mol. The Morgan fingerprint density at radius 2 is 1.83 bits per heavy atom. The number of anilines is 3. The van der Waals surface area contributed by atoms with Crippen LogP contribution in [-0.4, -0.2) is 25.9 Å². The lowest BCUT2D eigenvalue weighted by Gasteiger charge is -2.08. The predicted octanol–water partition coefficient (Wildman–Crippen LogP) is 3.65. The number of esters is 1. The molecule has 0 atom stereocenters. The SMILES string of the molecule is Cc1ccc(Nc2nc(N)nc(COC(=O)c3c(C)[nH]c4ccccc34)n2)cc1. The van der Waals surface area contributed by atoms with E-state index in [1.807, 2.05) is 62.4 Å². The summed E-state index contributed by atoms with van der Waals surface area (Å²) in [6.07, 6.45) is 0. The van der Waals surface area contributed by atoms with Gasteiger partial charge < -0.3 is 20.8 Å². The molecule has 0 aliphatic heterocycles. The van der Waals surface area contributed by atoms with Crippen LogP contribution in [0, 0.1) is 13.8 Å². The van der Waals surface area contributed by atoms with Crippen LogP contribution in [0.3, 0.4) is 0 Å². The first kappa shape index (κ1) is 18.4. The number of aromatic amines is 1. The number of ether oxygens (including phenoxy) is 1. The molecule has 29 heavy (non-hydrogen) atoms. The molecule has 0 amide bonds. The van der Waals surface area contributed by atoms with Gasteiger partial charge in [-0.2, -0.15) is 15.0 Å². The lowest BCUT2D eigenvalue weighted by molar-refractivity contribution is 0.0463. The lowest BCUT2D eigenvalue weighted by Crippen LogP contribution is -2.11. The van der Waals surface area contributed by atoms with Gasteiger partial charge in [-0.05, 0) is 32.0 Å². The van der Waals surface area contributed by atoms with Crippen LogP contribution in [0.2, 0.25) is 0 Å². The summed E-state index contributed by atoms with van der Waals surface area (Å²) in [7, 11) is 0. The van der Waals surface area contributed by atoms with Crippen molar-refractivity contribution in [3.63, 3.8) is 0 Å². The molecule has 0 saturated heterocycles. The number of para-hydroxylation sites is 1. The van der Waals surface area contributed by atoms with Gasteiger partial charge in [-0.25, -0.2) is 4.79 Å². The van der Waals surface area contributed by atoms with E-state index in [1.54, 1.807) is 0 Å². The third kappa shape index (κ3) is 4.01. The normalized spacial score (nSPS) is 10.8. The van der Waals surface area contributed by atoms with E-state index in [0.717, 1.165) is 27.8 Å². The highest BCUT2D eigenvalue weighted by molar-refractivity contribution is 6.05. The molecule has 4 aromatic rings. The summed E-state index contributed by atoms with van der Waals surface area (Å²) in [6.45, 7) is 3.72. The number of benzene rings is 2. The van der Waals surface area contributed by atoms with Gasteiger partial charge in [0.05, 0.1) is 5.56 Å². The molecule has 8 nitrogen and oxygen atoms in total. The molecule has 8 heteroatoms. The van der Waals surface area contributed by atoms with E-state index in [-0.39, 0.29) is 24.3 Å². The second-order valence-electron chi connectivity index (χ2n) is 6.67. The number of nitrogens with one attached hydrogen (secondary N) is 2. The maximum absolute atomic E-state index is 12.6. The van der Waals surface area contributed by atoms with Gasteiger partial charge in [0.2, 0.25) is 11.9 Å². The Kier molecular flexibility index (Phi) is 4.82. The van der Waals surface area contributed by atoms with E-state index in [0.29, 0.717) is 5.56 Å². The molecule has 2 aromatic heterocycles. The van der Waals surface area contributed by atoms with Gasteiger partial charge in [-0.1, -0.05) is 35.9 Å². The second kappa shape index (κ2) is 7.59. The van der Waals surface area contributed by atoms with Crippen molar-refractivity contribution >= 4 is 34.5 Å².